The molecule has 0 atom stereocenters. The molecule has 0 unspecified atom stereocenters. The van der Waals surface area contributed by atoms with Crippen molar-refractivity contribution in [3.8, 4) is 0 Å². The first-order valence-electron chi connectivity index (χ1n) is 7.76. The first-order valence-corrected chi connectivity index (χ1v) is 8.13. The summed E-state index contributed by atoms with van der Waals surface area (Å²) in [7, 11) is 0. The van der Waals surface area contributed by atoms with Gasteiger partial charge in [-0.05, 0) is 24.6 Å². The molecule has 2 aromatic rings. The van der Waals surface area contributed by atoms with Crippen molar-refractivity contribution in [1.29, 1.82) is 0 Å². The van der Waals surface area contributed by atoms with Crippen LogP contribution >= 0.6 is 11.6 Å². The Morgan fingerprint density at radius 3 is 2.72 bits per heavy atom. The molecule has 3 rings (SSSR count). The van der Waals surface area contributed by atoms with Crippen LogP contribution in [-0.4, -0.2) is 47.1 Å². The Morgan fingerprint density at radius 2 is 2.04 bits per heavy atom. The van der Waals surface area contributed by atoms with Crippen LogP contribution in [0.3, 0.4) is 0 Å². The van der Waals surface area contributed by atoms with Gasteiger partial charge in [0, 0.05) is 38.6 Å². The number of hydrogen-bond acceptors (Lipinski definition) is 4. The quantitative estimate of drug-likeness (QED) is 0.855. The number of piperazine rings is 1. The molecule has 132 valence electrons. The number of anilines is 2. The lowest BCUT2D eigenvalue weighted by molar-refractivity contribution is 0.208. The number of carbonyl (C=O) groups excluding carboxylic acids is 1. The molecule has 7 nitrogen and oxygen atoms in total. The summed E-state index contributed by atoms with van der Waals surface area (Å²) in [4.78, 5) is 34.3. The van der Waals surface area contributed by atoms with E-state index in [1.807, 2.05) is 4.90 Å². The lowest BCUT2D eigenvalue weighted by Crippen LogP contribution is -2.51. The number of benzene rings is 1. The molecule has 0 radical (unpaired) electrons. The molecule has 2 amide bonds. The Bertz CT molecular complexity index is 849. The van der Waals surface area contributed by atoms with Gasteiger partial charge >= 0.3 is 6.03 Å². The molecule has 2 N–H and O–H groups in total. The fourth-order valence-electron chi connectivity index (χ4n) is 2.64. The van der Waals surface area contributed by atoms with Crippen LogP contribution in [0.15, 0.2) is 29.3 Å². The van der Waals surface area contributed by atoms with E-state index in [2.05, 4.69) is 15.3 Å². The van der Waals surface area contributed by atoms with E-state index in [-0.39, 0.29) is 16.6 Å². The molecule has 0 aliphatic carbocycles. The van der Waals surface area contributed by atoms with Crippen LogP contribution < -0.4 is 15.8 Å². The Balaban J connectivity index is 1.63. The average molecular weight is 366 g/mol. The second-order valence-electron chi connectivity index (χ2n) is 5.73. The Hall–Kier alpha value is -2.61. The summed E-state index contributed by atoms with van der Waals surface area (Å²) < 4.78 is 13.4. The van der Waals surface area contributed by atoms with Gasteiger partial charge in [0.1, 0.15) is 5.82 Å². The normalized spacial score (nSPS) is 14.5. The smallest absolute Gasteiger partial charge is 0.322 e. The first kappa shape index (κ1) is 17.2. The third kappa shape index (κ3) is 3.74. The number of aromatic nitrogens is 2. The highest BCUT2D eigenvalue weighted by atomic mass is 35.5. The summed E-state index contributed by atoms with van der Waals surface area (Å²) in [5.74, 6) is -0.0723. The van der Waals surface area contributed by atoms with E-state index in [0.29, 0.717) is 43.2 Å². The van der Waals surface area contributed by atoms with Crippen LogP contribution in [0, 0.1) is 12.7 Å². The van der Waals surface area contributed by atoms with Crippen molar-refractivity contribution < 1.29 is 9.18 Å². The largest absolute Gasteiger partial charge is 0.348 e. The van der Waals surface area contributed by atoms with E-state index in [0.717, 1.165) is 0 Å². The predicted octanol–water partition coefficient (Wildman–Crippen LogP) is 2.22. The summed E-state index contributed by atoms with van der Waals surface area (Å²) >= 11 is 5.98. The van der Waals surface area contributed by atoms with Gasteiger partial charge in [0.25, 0.3) is 5.56 Å². The van der Waals surface area contributed by atoms with Crippen LogP contribution in [0.4, 0.5) is 20.7 Å². The number of urea groups is 1. The van der Waals surface area contributed by atoms with Gasteiger partial charge in [0.05, 0.1) is 10.7 Å². The number of amides is 2. The van der Waals surface area contributed by atoms with E-state index in [4.69, 9.17) is 11.6 Å². The van der Waals surface area contributed by atoms with Gasteiger partial charge in [-0.3, -0.25) is 4.79 Å². The molecule has 0 bridgehead atoms. The molecule has 2 heterocycles. The van der Waals surface area contributed by atoms with E-state index >= 15 is 0 Å². The molecule has 1 aromatic carbocycles. The average Bonchev–Trinajstić information content (AvgIpc) is 2.60. The molecule has 1 aromatic heterocycles. The van der Waals surface area contributed by atoms with E-state index in [1.165, 1.54) is 24.5 Å². The summed E-state index contributed by atoms with van der Waals surface area (Å²) in [5, 5.41) is 2.85. The second kappa shape index (κ2) is 7.10. The Morgan fingerprint density at radius 1 is 1.32 bits per heavy atom. The third-order valence-electron chi connectivity index (χ3n) is 4.05. The Labute approximate surface area is 148 Å². The van der Waals surface area contributed by atoms with Gasteiger partial charge in [0.15, 0.2) is 5.82 Å². The molecule has 0 saturated carbocycles. The zero-order chi connectivity index (χ0) is 18.0. The number of aromatic amines is 1. The number of carbonyl (C=O) groups is 1. The summed E-state index contributed by atoms with van der Waals surface area (Å²) in [6, 6.07) is 2.36. The van der Waals surface area contributed by atoms with Crippen LogP contribution in [0.25, 0.3) is 0 Å². The van der Waals surface area contributed by atoms with Crippen molar-refractivity contribution in [2.75, 3.05) is 36.4 Å². The van der Waals surface area contributed by atoms with Crippen molar-refractivity contribution in [3.63, 3.8) is 0 Å². The van der Waals surface area contributed by atoms with Crippen molar-refractivity contribution in [1.82, 2.24) is 14.9 Å². The van der Waals surface area contributed by atoms with E-state index in [9.17, 15) is 14.0 Å². The summed E-state index contributed by atoms with van der Waals surface area (Å²) in [5.41, 5.74) is 0.516. The van der Waals surface area contributed by atoms with Crippen LogP contribution in [-0.2, 0) is 0 Å². The highest BCUT2D eigenvalue weighted by molar-refractivity contribution is 6.33. The maximum Gasteiger partial charge on any atom is 0.322 e. The molecule has 1 saturated heterocycles. The number of rotatable bonds is 2. The monoisotopic (exact) mass is 365 g/mol. The third-order valence-corrected chi connectivity index (χ3v) is 4.36. The first-order chi connectivity index (χ1) is 12.0. The highest BCUT2D eigenvalue weighted by Crippen LogP contribution is 2.25. The number of aryl methyl sites for hydroxylation is 1. The minimum absolute atomic E-state index is 0.148. The second-order valence-corrected chi connectivity index (χ2v) is 6.13. The maximum atomic E-state index is 13.4. The molecular formula is C16H17ClFN5O2. The van der Waals surface area contributed by atoms with Crippen molar-refractivity contribution in [2.45, 2.75) is 6.92 Å². The number of halogens is 2. The molecular weight excluding hydrogens is 349 g/mol. The SMILES string of the molecule is Cc1cc(NC(=O)N2CCN(c3ncc[nH]c3=O)CC2)c(Cl)cc1F. The van der Waals surface area contributed by atoms with Crippen LogP contribution in [0.2, 0.25) is 5.02 Å². The zero-order valence-electron chi connectivity index (χ0n) is 13.6. The van der Waals surface area contributed by atoms with Crippen molar-refractivity contribution >= 4 is 29.1 Å². The molecule has 1 fully saturated rings. The number of H-pyrrole nitrogens is 1. The minimum atomic E-state index is -0.419. The van der Waals surface area contributed by atoms with Crippen LogP contribution in [0.5, 0.6) is 0 Å². The van der Waals surface area contributed by atoms with Crippen molar-refractivity contribution in [2.24, 2.45) is 0 Å². The lowest BCUT2D eigenvalue weighted by atomic mass is 10.2. The van der Waals surface area contributed by atoms with Crippen molar-refractivity contribution in [3.05, 3.63) is 51.3 Å². The van der Waals surface area contributed by atoms with Gasteiger partial charge in [-0.1, -0.05) is 11.6 Å². The van der Waals surface area contributed by atoms with E-state index in [1.54, 1.807) is 11.8 Å². The Kier molecular flexibility index (Phi) is 4.89. The molecule has 1 aliphatic rings. The molecule has 1 aliphatic heterocycles. The topological polar surface area (TPSA) is 81.3 Å². The lowest BCUT2D eigenvalue weighted by Gasteiger charge is -2.34. The van der Waals surface area contributed by atoms with Gasteiger partial charge in [-0.2, -0.15) is 0 Å². The zero-order valence-corrected chi connectivity index (χ0v) is 14.3. The van der Waals surface area contributed by atoms with Gasteiger partial charge < -0.3 is 20.1 Å². The van der Waals surface area contributed by atoms with Crippen LogP contribution in [0.1, 0.15) is 5.56 Å². The van der Waals surface area contributed by atoms with Gasteiger partial charge in [-0.15, -0.1) is 0 Å². The van der Waals surface area contributed by atoms with Gasteiger partial charge in [-0.25, -0.2) is 14.2 Å². The fourth-order valence-corrected chi connectivity index (χ4v) is 2.84. The maximum absolute atomic E-state index is 13.4. The van der Waals surface area contributed by atoms with E-state index < -0.39 is 5.82 Å². The van der Waals surface area contributed by atoms with Gasteiger partial charge in [0.2, 0.25) is 0 Å². The number of nitrogens with zero attached hydrogens (tertiary/aromatic N) is 3. The predicted molar refractivity (Wildman–Crippen MR) is 93.8 cm³/mol. The number of nitrogens with one attached hydrogen (secondary N) is 2. The molecule has 9 heteroatoms. The summed E-state index contributed by atoms with van der Waals surface area (Å²) in [6.07, 6.45) is 3.00. The highest BCUT2D eigenvalue weighted by Gasteiger charge is 2.23. The molecule has 25 heavy (non-hydrogen) atoms. The molecule has 0 spiro atoms. The standard InChI is InChI=1S/C16H17ClFN5O2/c1-10-8-13(11(17)9-12(10)18)21-16(25)23-6-4-22(5-7-23)14-15(24)20-3-2-19-14/h2-3,8-9H,4-7H2,1H3,(H,20,24)(H,21,25). The summed E-state index contributed by atoms with van der Waals surface area (Å²) in [6.45, 7) is 3.44. The minimum Gasteiger partial charge on any atom is -0.348 e. The number of hydrogen-bond donors (Lipinski definition) is 2. The fraction of sp³-hybridized carbons (Fsp3) is 0.312.